The number of hydrogen-bond donors (Lipinski definition) is 1. The first-order chi connectivity index (χ1) is 5.84. The third-order valence-electron chi connectivity index (χ3n) is 2.66. The highest BCUT2D eigenvalue weighted by Crippen LogP contribution is 2.15. The second-order valence-corrected chi connectivity index (χ2v) is 3.66. The molecule has 1 heterocycles. The van der Waals surface area contributed by atoms with Crippen LogP contribution in [0.15, 0.2) is 0 Å². The van der Waals surface area contributed by atoms with E-state index in [0.29, 0.717) is 12.1 Å². The van der Waals surface area contributed by atoms with Gasteiger partial charge in [0.1, 0.15) is 0 Å². The Hall–Kier alpha value is -0.0800. The maximum atomic E-state index is 5.30. The van der Waals surface area contributed by atoms with Gasteiger partial charge in [-0.05, 0) is 13.3 Å². The van der Waals surface area contributed by atoms with Crippen LogP contribution in [-0.4, -0.2) is 18.9 Å². The van der Waals surface area contributed by atoms with Crippen LogP contribution >= 0.6 is 0 Å². The first-order valence-electron chi connectivity index (χ1n) is 5.19. The van der Waals surface area contributed by atoms with Crippen molar-refractivity contribution in [1.82, 2.24) is 5.32 Å². The lowest BCUT2D eigenvalue weighted by atomic mass is 10.0. The molecule has 1 aliphatic heterocycles. The molecule has 0 aromatic heterocycles. The van der Waals surface area contributed by atoms with Crippen molar-refractivity contribution >= 4 is 0 Å². The SMILES string of the molecule is C1CCC1.CCC1OCNC1C. The average Bonchev–Trinajstić information content (AvgIpc) is 2.31. The van der Waals surface area contributed by atoms with E-state index in [4.69, 9.17) is 4.74 Å². The fourth-order valence-corrected chi connectivity index (χ4v) is 1.28. The van der Waals surface area contributed by atoms with E-state index in [2.05, 4.69) is 19.2 Å². The van der Waals surface area contributed by atoms with Gasteiger partial charge in [0.25, 0.3) is 0 Å². The van der Waals surface area contributed by atoms with Crippen LogP contribution in [0.3, 0.4) is 0 Å². The number of hydrogen-bond acceptors (Lipinski definition) is 2. The second-order valence-electron chi connectivity index (χ2n) is 3.66. The van der Waals surface area contributed by atoms with Crippen molar-refractivity contribution in [2.75, 3.05) is 6.73 Å². The van der Waals surface area contributed by atoms with Gasteiger partial charge in [-0.25, -0.2) is 0 Å². The highest BCUT2D eigenvalue weighted by atomic mass is 16.5. The maximum absolute atomic E-state index is 5.30. The molecule has 0 radical (unpaired) electrons. The first kappa shape index (κ1) is 10.0. The molecule has 2 nitrogen and oxygen atoms in total. The first-order valence-corrected chi connectivity index (χ1v) is 5.19. The molecular weight excluding hydrogens is 150 g/mol. The summed E-state index contributed by atoms with van der Waals surface area (Å²) in [6.45, 7) is 5.04. The summed E-state index contributed by atoms with van der Waals surface area (Å²) in [5, 5.41) is 3.20. The predicted molar refractivity (Wildman–Crippen MR) is 51.1 cm³/mol. The number of nitrogens with one attached hydrogen (secondary N) is 1. The van der Waals surface area contributed by atoms with Gasteiger partial charge < -0.3 is 4.74 Å². The molecule has 1 saturated heterocycles. The lowest BCUT2D eigenvalue weighted by Crippen LogP contribution is -2.25. The van der Waals surface area contributed by atoms with Crippen molar-refractivity contribution in [3.8, 4) is 0 Å². The summed E-state index contributed by atoms with van der Waals surface area (Å²) in [4.78, 5) is 0. The van der Waals surface area contributed by atoms with Crippen molar-refractivity contribution in [2.45, 2.75) is 58.1 Å². The van der Waals surface area contributed by atoms with Crippen LogP contribution in [0.5, 0.6) is 0 Å². The Balaban J connectivity index is 0.000000150. The van der Waals surface area contributed by atoms with Gasteiger partial charge in [-0.3, -0.25) is 5.32 Å². The monoisotopic (exact) mass is 171 g/mol. The minimum atomic E-state index is 0.454. The van der Waals surface area contributed by atoms with Gasteiger partial charge >= 0.3 is 0 Å². The van der Waals surface area contributed by atoms with Crippen LogP contribution in [0.4, 0.5) is 0 Å². The molecule has 0 amide bonds. The Morgan fingerprint density at radius 3 is 2.00 bits per heavy atom. The summed E-state index contributed by atoms with van der Waals surface area (Å²) in [5.41, 5.74) is 0. The summed E-state index contributed by atoms with van der Waals surface area (Å²) in [6, 6.07) is 0.556. The third kappa shape index (κ3) is 3.11. The zero-order valence-corrected chi connectivity index (χ0v) is 8.31. The van der Waals surface area contributed by atoms with Crippen LogP contribution in [-0.2, 0) is 4.74 Å². The van der Waals surface area contributed by atoms with E-state index in [1.54, 1.807) is 0 Å². The van der Waals surface area contributed by atoms with Crippen molar-refractivity contribution in [1.29, 1.82) is 0 Å². The smallest absolute Gasteiger partial charge is 0.0972 e. The maximum Gasteiger partial charge on any atom is 0.0972 e. The van der Waals surface area contributed by atoms with E-state index in [1.807, 2.05) is 0 Å². The molecule has 2 fully saturated rings. The molecule has 0 aromatic rings. The molecule has 12 heavy (non-hydrogen) atoms. The standard InChI is InChI=1S/C6H13NO.C4H8/c1-3-6-5(2)7-4-8-6;1-2-4-3-1/h5-7H,3-4H2,1-2H3;1-4H2. The van der Waals surface area contributed by atoms with E-state index in [1.165, 1.54) is 25.7 Å². The number of ether oxygens (including phenoxy) is 1. The minimum Gasteiger partial charge on any atom is -0.361 e. The summed E-state index contributed by atoms with van der Waals surface area (Å²) in [7, 11) is 0. The van der Waals surface area contributed by atoms with Crippen molar-refractivity contribution in [2.24, 2.45) is 0 Å². The van der Waals surface area contributed by atoms with Crippen LogP contribution in [0.2, 0.25) is 0 Å². The minimum absolute atomic E-state index is 0.454. The third-order valence-corrected chi connectivity index (χ3v) is 2.66. The molecule has 0 aromatic carbocycles. The van der Waals surface area contributed by atoms with Gasteiger partial charge in [0, 0.05) is 6.04 Å². The molecule has 0 bridgehead atoms. The largest absolute Gasteiger partial charge is 0.361 e. The molecule has 2 atom stereocenters. The molecule has 72 valence electrons. The molecule has 1 saturated carbocycles. The van der Waals surface area contributed by atoms with Gasteiger partial charge in [0.15, 0.2) is 0 Å². The molecule has 1 N–H and O–H groups in total. The van der Waals surface area contributed by atoms with Crippen LogP contribution < -0.4 is 5.32 Å². The fourth-order valence-electron chi connectivity index (χ4n) is 1.28. The quantitative estimate of drug-likeness (QED) is 0.653. The second kappa shape index (κ2) is 5.55. The zero-order chi connectivity index (χ0) is 8.81. The topological polar surface area (TPSA) is 21.3 Å². The van der Waals surface area contributed by atoms with E-state index in [9.17, 15) is 0 Å². The summed E-state index contributed by atoms with van der Waals surface area (Å²) < 4.78 is 5.30. The van der Waals surface area contributed by atoms with E-state index >= 15 is 0 Å². The molecule has 2 unspecified atom stereocenters. The van der Waals surface area contributed by atoms with Crippen molar-refractivity contribution in [3.63, 3.8) is 0 Å². The summed E-state index contributed by atoms with van der Waals surface area (Å²) in [6.07, 6.45) is 7.57. The Labute approximate surface area is 75.7 Å². The summed E-state index contributed by atoms with van der Waals surface area (Å²) in [5.74, 6) is 0. The zero-order valence-electron chi connectivity index (χ0n) is 8.31. The highest BCUT2D eigenvalue weighted by molar-refractivity contribution is 4.74. The van der Waals surface area contributed by atoms with E-state index in [0.717, 1.165) is 13.2 Å². The molecule has 1 aliphatic carbocycles. The Bertz CT molecular complexity index is 108. The van der Waals surface area contributed by atoms with Gasteiger partial charge in [0.2, 0.25) is 0 Å². The molecule has 2 rings (SSSR count). The average molecular weight is 171 g/mol. The van der Waals surface area contributed by atoms with Crippen LogP contribution in [0.25, 0.3) is 0 Å². The number of rotatable bonds is 1. The van der Waals surface area contributed by atoms with Gasteiger partial charge in [-0.1, -0.05) is 32.6 Å². The van der Waals surface area contributed by atoms with Crippen molar-refractivity contribution in [3.05, 3.63) is 0 Å². The Morgan fingerprint density at radius 1 is 1.25 bits per heavy atom. The van der Waals surface area contributed by atoms with Gasteiger partial charge in [-0.15, -0.1) is 0 Å². The fraction of sp³-hybridized carbons (Fsp3) is 1.00. The lowest BCUT2D eigenvalue weighted by Gasteiger charge is -2.08. The lowest BCUT2D eigenvalue weighted by molar-refractivity contribution is 0.101. The van der Waals surface area contributed by atoms with E-state index < -0.39 is 0 Å². The highest BCUT2D eigenvalue weighted by Gasteiger charge is 2.20. The van der Waals surface area contributed by atoms with Crippen LogP contribution in [0.1, 0.15) is 46.0 Å². The Kier molecular flexibility index (Phi) is 4.62. The Morgan fingerprint density at radius 2 is 1.83 bits per heavy atom. The summed E-state index contributed by atoms with van der Waals surface area (Å²) >= 11 is 0. The molecule has 2 aliphatic rings. The molecule has 2 heteroatoms. The predicted octanol–water partition coefficient (Wildman–Crippen LogP) is 2.29. The molecule has 0 spiro atoms. The van der Waals surface area contributed by atoms with Gasteiger partial charge in [-0.2, -0.15) is 0 Å². The van der Waals surface area contributed by atoms with Crippen molar-refractivity contribution < 1.29 is 4.74 Å². The van der Waals surface area contributed by atoms with Gasteiger partial charge in [0.05, 0.1) is 12.8 Å². The van der Waals surface area contributed by atoms with Crippen LogP contribution in [0, 0.1) is 0 Å². The normalized spacial score (nSPS) is 33.5. The van der Waals surface area contributed by atoms with E-state index in [-0.39, 0.29) is 0 Å². The molecular formula is C10H21NO.